The van der Waals surface area contributed by atoms with E-state index in [-0.39, 0.29) is 12.0 Å². The smallest absolute Gasteiger partial charge is 0.273 e. The molecule has 116 valence electrons. The molecule has 0 radical (unpaired) electrons. The van der Waals surface area contributed by atoms with E-state index in [9.17, 15) is 4.79 Å². The highest BCUT2D eigenvalue weighted by molar-refractivity contribution is 7.11. The lowest BCUT2D eigenvalue weighted by atomic mass is 10.1. The number of hydrogen-bond acceptors (Lipinski definition) is 4. The first-order chi connectivity index (χ1) is 10.6. The van der Waals surface area contributed by atoms with Crippen molar-refractivity contribution < 1.29 is 9.53 Å². The normalized spacial score (nSPS) is 14.7. The van der Waals surface area contributed by atoms with Gasteiger partial charge in [-0.25, -0.2) is 4.98 Å². The van der Waals surface area contributed by atoms with E-state index in [0.29, 0.717) is 24.7 Å². The zero-order valence-electron chi connectivity index (χ0n) is 12.3. The van der Waals surface area contributed by atoms with Crippen molar-refractivity contribution in [2.45, 2.75) is 25.9 Å². The number of rotatable bonds is 5. The number of aromatic nitrogens is 1. The van der Waals surface area contributed by atoms with Crippen molar-refractivity contribution in [2.75, 3.05) is 13.1 Å². The van der Waals surface area contributed by atoms with Gasteiger partial charge >= 0.3 is 0 Å². The minimum atomic E-state index is 0.0767. The van der Waals surface area contributed by atoms with Crippen LogP contribution in [0.4, 0.5) is 0 Å². The van der Waals surface area contributed by atoms with Crippen LogP contribution in [0.2, 0.25) is 5.02 Å². The van der Waals surface area contributed by atoms with E-state index in [2.05, 4.69) is 4.98 Å². The van der Waals surface area contributed by atoms with Gasteiger partial charge in [0.05, 0.1) is 13.1 Å². The lowest BCUT2D eigenvalue weighted by Crippen LogP contribution is -2.56. The molecule has 1 aliphatic rings. The number of amides is 1. The van der Waals surface area contributed by atoms with Gasteiger partial charge in [-0.1, -0.05) is 35.1 Å². The first-order valence-electron chi connectivity index (χ1n) is 7.21. The summed E-state index contributed by atoms with van der Waals surface area (Å²) in [5.41, 5.74) is 2.19. The van der Waals surface area contributed by atoms with Gasteiger partial charge in [0.1, 0.15) is 6.10 Å². The predicted octanol–water partition coefficient (Wildman–Crippen LogP) is 3.33. The van der Waals surface area contributed by atoms with Gasteiger partial charge in [0.2, 0.25) is 5.91 Å². The van der Waals surface area contributed by atoms with E-state index < -0.39 is 0 Å². The summed E-state index contributed by atoms with van der Waals surface area (Å²) in [4.78, 5) is 18.0. The molecule has 1 amide bonds. The summed E-state index contributed by atoms with van der Waals surface area (Å²) in [5, 5.41) is 3.32. The highest BCUT2D eigenvalue weighted by Gasteiger charge is 2.32. The highest BCUT2D eigenvalue weighted by atomic mass is 35.5. The van der Waals surface area contributed by atoms with Gasteiger partial charge in [0, 0.05) is 23.0 Å². The van der Waals surface area contributed by atoms with Gasteiger partial charge in [0.15, 0.2) is 0 Å². The maximum absolute atomic E-state index is 12.1. The number of nitrogens with zero attached hydrogens (tertiary/aromatic N) is 2. The van der Waals surface area contributed by atoms with Gasteiger partial charge in [0.25, 0.3) is 5.19 Å². The van der Waals surface area contributed by atoms with Crippen LogP contribution >= 0.6 is 22.9 Å². The molecule has 0 saturated carbocycles. The Bertz CT molecular complexity index is 654. The summed E-state index contributed by atoms with van der Waals surface area (Å²) in [6, 6.07) is 5.91. The lowest BCUT2D eigenvalue weighted by molar-refractivity contribution is -0.139. The molecule has 2 aromatic rings. The summed E-state index contributed by atoms with van der Waals surface area (Å²) in [5.74, 6) is 0.173. The van der Waals surface area contributed by atoms with Crippen LogP contribution in [-0.4, -0.2) is 35.0 Å². The Morgan fingerprint density at radius 2 is 2.32 bits per heavy atom. The van der Waals surface area contributed by atoms with Gasteiger partial charge < -0.3 is 9.64 Å². The Balaban J connectivity index is 1.43. The number of likely N-dealkylation sites (tertiary alicyclic amines) is 1. The van der Waals surface area contributed by atoms with Gasteiger partial charge in [-0.2, -0.15) is 0 Å². The summed E-state index contributed by atoms with van der Waals surface area (Å²) in [6.45, 7) is 3.28. The molecule has 0 spiro atoms. The molecule has 22 heavy (non-hydrogen) atoms. The van der Waals surface area contributed by atoms with Crippen molar-refractivity contribution in [1.82, 2.24) is 9.88 Å². The Morgan fingerprint density at radius 3 is 3.00 bits per heavy atom. The Kier molecular flexibility index (Phi) is 4.64. The van der Waals surface area contributed by atoms with Crippen molar-refractivity contribution in [3.8, 4) is 5.19 Å². The Morgan fingerprint density at radius 1 is 1.50 bits per heavy atom. The maximum Gasteiger partial charge on any atom is 0.273 e. The van der Waals surface area contributed by atoms with Gasteiger partial charge in [-0.15, -0.1) is 0 Å². The van der Waals surface area contributed by atoms with Gasteiger partial charge in [-0.05, 0) is 30.5 Å². The third kappa shape index (κ3) is 3.59. The van der Waals surface area contributed by atoms with Crippen LogP contribution in [0.5, 0.6) is 5.19 Å². The van der Waals surface area contributed by atoms with Crippen molar-refractivity contribution in [2.24, 2.45) is 0 Å². The van der Waals surface area contributed by atoms with E-state index in [1.54, 1.807) is 6.20 Å². The SMILES string of the molecule is Cc1cc(CCC(=O)N2CC(Oc3nccs3)C2)ccc1Cl. The standard InChI is InChI=1S/C16H17ClN2O2S/c1-11-8-12(2-4-14(11)17)3-5-15(20)19-9-13(10-19)21-16-18-6-7-22-16/h2,4,6-8,13H,3,5,9-10H2,1H3. The minimum Gasteiger partial charge on any atom is -0.463 e. The Hall–Kier alpha value is -1.59. The van der Waals surface area contributed by atoms with E-state index in [4.69, 9.17) is 16.3 Å². The predicted molar refractivity (Wildman–Crippen MR) is 87.6 cm³/mol. The van der Waals surface area contributed by atoms with Crippen LogP contribution in [0.3, 0.4) is 0 Å². The molecule has 1 aromatic heterocycles. The maximum atomic E-state index is 12.1. The monoisotopic (exact) mass is 336 g/mol. The molecule has 3 rings (SSSR count). The number of aryl methyl sites for hydroxylation is 2. The van der Waals surface area contributed by atoms with Crippen LogP contribution in [0.1, 0.15) is 17.5 Å². The summed E-state index contributed by atoms with van der Waals surface area (Å²) < 4.78 is 5.66. The third-order valence-electron chi connectivity index (χ3n) is 3.73. The van der Waals surface area contributed by atoms with Crippen LogP contribution in [0, 0.1) is 6.92 Å². The first kappa shape index (κ1) is 15.3. The number of halogens is 1. The molecule has 2 heterocycles. The number of carbonyl (C=O) groups excluding carboxylic acids is 1. The molecule has 1 aromatic carbocycles. The molecule has 1 saturated heterocycles. The molecule has 4 nitrogen and oxygen atoms in total. The minimum absolute atomic E-state index is 0.0767. The summed E-state index contributed by atoms with van der Waals surface area (Å²) in [6.07, 6.45) is 3.05. The zero-order valence-corrected chi connectivity index (χ0v) is 13.9. The van der Waals surface area contributed by atoms with E-state index in [1.165, 1.54) is 11.3 Å². The average molecular weight is 337 g/mol. The largest absolute Gasteiger partial charge is 0.463 e. The highest BCUT2D eigenvalue weighted by Crippen LogP contribution is 2.21. The second-order valence-corrected chi connectivity index (χ2v) is 6.68. The molecule has 0 aliphatic carbocycles. The fourth-order valence-corrected chi connectivity index (χ4v) is 3.07. The lowest BCUT2D eigenvalue weighted by Gasteiger charge is -2.38. The molecule has 1 aliphatic heterocycles. The number of benzene rings is 1. The topological polar surface area (TPSA) is 42.4 Å². The second kappa shape index (κ2) is 6.67. The average Bonchev–Trinajstić information content (AvgIpc) is 2.96. The molecular weight excluding hydrogens is 320 g/mol. The van der Waals surface area contributed by atoms with Crippen molar-refractivity contribution in [1.29, 1.82) is 0 Å². The molecule has 0 bridgehead atoms. The molecule has 6 heteroatoms. The summed E-state index contributed by atoms with van der Waals surface area (Å²) >= 11 is 7.48. The zero-order chi connectivity index (χ0) is 15.5. The Labute approximate surface area is 138 Å². The van der Waals surface area contributed by atoms with Crippen LogP contribution in [-0.2, 0) is 11.2 Å². The fraction of sp³-hybridized carbons (Fsp3) is 0.375. The number of hydrogen-bond donors (Lipinski definition) is 0. The van der Waals surface area contributed by atoms with E-state index in [1.807, 2.05) is 35.4 Å². The number of thiazole rings is 1. The van der Waals surface area contributed by atoms with E-state index in [0.717, 1.165) is 22.6 Å². The quantitative estimate of drug-likeness (QED) is 0.841. The van der Waals surface area contributed by atoms with Crippen molar-refractivity contribution in [3.63, 3.8) is 0 Å². The molecule has 0 atom stereocenters. The fourth-order valence-electron chi connectivity index (χ4n) is 2.40. The van der Waals surface area contributed by atoms with Crippen LogP contribution < -0.4 is 4.74 Å². The van der Waals surface area contributed by atoms with Crippen molar-refractivity contribution >= 4 is 28.8 Å². The van der Waals surface area contributed by atoms with E-state index >= 15 is 0 Å². The summed E-state index contributed by atoms with van der Waals surface area (Å²) in [7, 11) is 0. The second-order valence-electron chi connectivity index (χ2n) is 5.42. The third-order valence-corrected chi connectivity index (χ3v) is 4.81. The van der Waals surface area contributed by atoms with Crippen molar-refractivity contribution in [3.05, 3.63) is 45.9 Å². The molecule has 0 unspecified atom stereocenters. The number of carbonyl (C=O) groups is 1. The van der Waals surface area contributed by atoms with Gasteiger partial charge in [-0.3, -0.25) is 4.79 Å². The molecule has 1 fully saturated rings. The number of ether oxygens (including phenoxy) is 1. The van der Waals surface area contributed by atoms with Crippen LogP contribution in [0.15, 0.2) is 29.8 Å². The molecular formula is C16H17ClN2O2S. The first-order valence-corrected chi connectivity index (χ1v) is 8.46. The molecule has 0 N–H and O–H groups in total. The van der Waals surface area contributed by atoms with Crippen LogP contribution in [0.25, 0.3) is 0 Å².